The van der Waals surface area contributed by atoms with E-state index in [4.69, 9.17) is 14.2 Å². The number of hydrogen-bond acceptors (Lipinski definition) is 4. The molecule has 1 aliphatic carbocycles. The molecule has 0 unspecified atom stereocenters. The van der Waals surface area contributed by atoms with Crippen LogP contribution in [0.5, 0.6) is 17.2 Å². The van der Waals surface area contributed by atoms with Crippen molar-refractivity contribution in [1.29, 1.82) is 0 Å². The molecule has 2 aromatic carbocycles. The molecule has 38 heavy (non-hydrogen) atoms. The Balaban J connectivity index is 1.30. The quantitative estimate of drug-likeness (QED) is 0.117. The Morgan fingerprint density at radius 1 is 0.737 bits per heavy atom. The van der Waals surface area contributed by atoms with Gasteiger partial charge in [-0.25, -0.2) is 9.18 Å². The first kappa shape index (κ1) is 30.0. The molecule has 0 spiro atoms. The molecule has 2 aromatic rings. The first-order valence-corrected chi connectivity index (χ1v) is 15.0. The number of rotatable bonds is 17. The number of ether oxygens (including phenoxy) is 3. The summed E-state index contributed by atoms with van der Waals surface area (Å²) in [6.45, 7) is 5.47. The van der Waals surface area contributed by atoms with E-state index in [1.165, 1.54) is 82.8 Å². The summed E-state index contributed by atoms with van der Waals surface area (Å²) in [6, 6.07) is 11.2. The fraction of sp³-hybridized carbons (Fsp3) is 0.606. The molecule has 0 atom stereocenters. The maximum absolute atomic E-state index is 14.2. The molecule has 0 amide bonds. The summed E-state index contributed by atoms with van der Waals surface area (Å²) in [4.78, 5) is 12.4. The zero-order valence-corrected chi connectivity index (χ0v) is 23.5. The Kier molecular flexibility index (Phi) is 13.5. The van der Waals surface area contributed by atoms with Gasteiger partial charge in [0.2, 0.25) is 0 Å². The lowest BCUT2D eigenvalue weighted by Gasteiger charge is -2.28. The number of hydrogen-bond donors (Lipinski definition) is 0. The second kappa shape index (κ2) is 17.1. The van der Waals surface area contributed by atoms with Crippen molar-refractivity contribution in [3.63, 3.8) is 0 Å². The lowest BCUT2D eigenvalue weighted by atomic mass is 9.78. The van der Waals surface area contributed by atoms with Crippen LogP contribution in [0.3, 0.4) is 0 Å². The third-order valence-corrected chi connectivity index (χ3v) is 7.67. The van der Waals surface area contributed by atoms with E-state index in [1.54, 1.807) is 24.3 Å². The average Bonchev–Trinajstić information content (AvgIpc) is 2.93. The molecule has 1 aliphatic rings. The number of benzene rings is 2. The van der Waals surface area contributed by atoms with Crippen molar-refractivity contribution in [1.82, 2.24) is 0 Å². The van der Waals surface area contributed by atoms with Gasteiger partial charge in [0.05, 0.1) is 18.8 Å². The van der Waals surface area contributed by atoms with E-state index in [0.29, 0.717) is 19.0 Å². The normalized spacial score (nSPS) is 17.2. The Bertz CT molecular complexity index is 935. The topological polar surface area (TPSA) is 44.8 Å². The molecule has 5 heteroatoms. The summed E-state index contributed by atoms with van der Waals surface area (Å²) >= 11 is 0. The molecule has 0 heterocycles. The zero-order valence-electron chi connectivity index (χ0n) is 23.5. The van der Waals surface area contributed by atoms with Crippen LogP contribution < -0.4 is 14.2 Å². The molecular weight excluding hydrogens is 479 g/mol. The van der Waals surface area contributed by atoms with Crippen molar-refractivity contribution in [2.45, 2.75) is 104 Å². The second-order valence-corrected chi connectivity index (χ2v) is 10.8. The van der Waals surface area contributed by atoms with Crippen LogP contribution in [-0.4, -0.2) is 19.2 Å². The molecule has 0 aliphatic heterocycles. The van der Waals surface area contributed by atoms with Crippen LogP contribution in [0.1, 0.15) is 114 Å². The van der Waals surface area contributed by atoms with Crippen LogP contribution in [0.15, 0.2) is 42.5 Å². The van der Waals surface area contributed by atoms with Crippen LogP contribution >= 0.6 is 0 Å². The van der Waals surface area contributed by atoms with E-state index in [9.17, 15) is 9.18 Å². The van der Waals surface area contributed by atoms with Gasteiger partial charge in [0.25, 0.3) is 0 Å². The third kappa shape index (κ3) is 10.7. The Hall–Kier alpha value is -2.56. The molecule has 0 bridgehead atoms. The fourth-order valence-corrected chi connectivity index (χ4v) is 5.25. The number of unbranched alkanes of at least 4 members (excludes halogenated alkanes) is 5. The summed E-state index contributed by atoms with van der Waals surface area (Å²) in [6.07, 6.45) is 18.1. The number of halogens is 1. The van der Waals surface area contributed by atoms with Crippen molar-refractivity contribution in [2.75, 3.05) is 13.2 Å². The average molecular weight is 527 g/mol. The van der Waals surface area contributed by atoms with Gasteiger partial charge in [-0.3, -0.25) is 0 Å². The first-order valence-electron chi connectivity index (χ1n) is 15.0. The van der Waals surface area contributed by atoms with Crippen LogP contribution in [-0.2, 0) is 0 Å². The van der Waals surface area contributed by atoms with E-state index >= 15 is 0 Å². The number of carbonyl (C=O) groups excluding carboxylic acids is 1. The molecule has 0 saturated heterocycles. The molecule has 4 nitrogen and oxygen atoms in total. The van der Waals surface area contributed by atoms with Gasteiger partial charge in [-0.15, -0.1) is 0 Å². The zero-order chi connectivity index (χ0) is 27.0. The van der Waals surface area contributed by atoms with E-state index in [-0.39, 0.29) is 11.3 Å². The Morgan fingerprint density at radius 2 is 1.34 bits per heavy atom. The summed E-state index contributed by atoms with van der Waals surface area (Å²) in [5.41, 5.74) is 0.145. The monoisotopic (exact) mass is 526 g/mol. The number of esters is 1. The molecule has 1 saturated carbocycles. The summed E-state index contributed by atoms with van der Waals surface area (Å²) in [5, 5.41) is 0. The van der Waals surface area contributed by atoms with Gasteiger partial charge in [-0.2, -0.15) is 0 Å². The minimum atomic E-state index is -0.608. The molecule has 1 fully saturated rings. The largest absolute Gasteiger partial charge is 0.494 e. The first-order chi connectivity index (χ1) is 18.6. The smallest absolute Gasteiger partial charge is 0.343 e. The van der Waals surface area contributed by atoms with Crippen molar-refractivity contribution in [2.24, 2.45) is 11.8 Å². The van der Waals surface area contributed by atoms with Crippen molar-refractivity contribution in [3.8, 4) is 17.2 Å². The SMILES string of the molecule is CCCCCCC[C@H]1CC[C@H](CCCOc2ccc(OC(=O)c3ccc(OCCCC)c(F)c3)cc2)CC1. The van der Waals surface area contributed by atoms with Gasteiger partial charge in [0, 0.05) is 0 Å². The molecule has 0 aromatic heterocycles. The molecule has 0 radical (unpaired) electrons. The van der Waals surface area contributed by atoms with Gasteiger partial charge in [-0.1, -0.05) is 84.5 Å². The van der Waals surface area contributed by atoms with Crippen LogP contribution in [0.25, 0.3) is 0 Å². The highest BCUT2D eigenvalue weighted by Gasteiger charge is 2.20. The van der Waals surface area contributed by atoms with Gasteiger partial charge in [-0.05, 0) is 73.6 Å². The molecule has 210 valence electrons. The maximum atomic E-state index is 14.2. The van der Waals surface area contributed by atoms with Crippen LogP contribution in [0.2, 0.25) is 0 Å². The Morgan fingerprint density at radius 3 is 2.00 bits per heavy atom. The maximum Gasteiger partial charge on any atom is 0.343 e. The second-order valence-electron chi connectivity index (χ2n) is 10.8. The highest BCUT2D eigenvalue weighted by atomic mass is 19.1. The lowest BCUT2D eigenvalue weighted by Crippen LogP contribution is -2.15. The van der Waals surface area contributed by atoms with E-state index in [0.717, 1.165) is 42.9 Å². The Labute approximate surface area is 229 Å². The molecular formula is C33H47FO4. The predicted octanol–water partition coefficient (Wildman–Crippen LogP) is 9.55. The summed E-state index contributed by atoms with van der Waals surface area (Å²) < 4.78 is 31.0. The predicted molar refractivity (Wildman–Crippen MR) is 152 cm³/mol. The van der Waals surface area contributed by atoms with Gasteiger partial charge in [0.15, 0.2) is 11.6 Å². The van der Waals surface area contributed by atoms with Crippen LogP contribution in [0, 0.1) is 17.7 Å². The van der Waals surface area contributed by atoms with E-state index in [2.05, 4.69) is 6.92 Å². The van der Waals surface area contributed by atoms with Crippen LogP contribution in [0.4, 0.5) is 4.39 Å². The van der Waals surface area contributed by atoms with Gasteiger partial charge >= 0.3 is 5.97 Å². The minimum absolute atomic E-state index is 0.145. The molecule has 0 N–H and O–H groups in total. The minimum Gasteiger partial charge on any atom is -0.494 e. The molecule has 3 rings (SSSR count). The van der Waals surface area contributed by atoms with E-state index in [1.807, 2.05) is 6.92 Å². The van der Waals surface area contributed by atoms with E-state index < -0.39 is 11.8 Å². The van der Waals surface area contributed by atoms with Gasteiger partial charge in [0.1, 0.15) is 11.5 Å². The highest BCUT2D eigenvalue weighted by Crippen LogP contribution is 2.34. The summed E-state index contributed by atoms with van der Waals surface area (Å²) in [5.74, 6) is 1.94. The summed E-state index contributed by atoms with van der Waals surface area (Å²) in [7, 11) is 0. The standard InChI is InChI=1S/C33H47FO4/c1-3-5-7-8-9-11-26-13-15-27(16-14-26)12-10-24-36-29-18-20-30(21-19-29)38-33(35)28-17-22-32(31(34)25-28)37-23-6-4-2/h17-22,25-27H,3-16,23-24H2,1-2H3/t26-,27-. The van der Waals surface area contributed by atoms with Gasteiger partial charge < -0.3 is 14.2 Å². The van der Waals surface area contributed by atoms with Crippen molar-refractivity contribution in [3.05, 3.63) is 53.8 Å². The van der Waals surface area contributed by atoms with Crippen molar-refractivity contribution < 1.29 is 23.4 Å². The highest BCUT2D eigenvalue weighted by molar-refractivity contribution is 5.91. The lowest BCUT2D eigenvalue weighted by molar-refractivity contribution is 0.0734. The fourth-order valence-electron chi connectivity index (χ4n) is 5.25. The number of carbonyl (C=O) groups is 1. The van der Waals surface area contributed by atoms with Crippen molar-refractivity contribution >= 4 is 5.97 Å². The third-order valence-electron chi connectivity index (χ3n) is 7.67.